The fourth-order valence-corrected chi connectivity index (χ4v) is 3.22. The average molecular weight is 384 g/mol. The molecule has 4 rings (SSSR count). The van der Waals surface area contributed by atoms with Crippen molar-refractivity contribution in [1.82, 2.24) is 34.6 Å². The van der Waals surface area contributed by atoms with Crippen LogP contribution in [-0.4, -0.2) is 80.5 Å². The van der Waals surface area contributed by atoms with Crippen molar-refractivity contribution in [3.05, 3.63) is 31.1 Å². The summed E-state index contributed by atoms with van der Waals surface area (Å²) < 4.78 is 1.78. The molecule has 11 heteroatoms. The zero-order valence-electron chi connectivity index (χ0n) is 15.5. The van der Waals surface area contributed by atoms with Crippen molar-refractivity contribution in [2.75, 3.05) is 32.1 Å². The number of carbonyl (C=O) groups is 3. The Morgan fingerprint density at radius 3 is 2.64 bits per heavy atom. The predicted octanol–water partition coefficient (Wildman–Crippen LogP) is -0.545. The molecular weight excluding hydrogens is 364 g/mol. The Labute approximate surface area is 161 Å². The van der Waals surface area contributed by atoms with Crippen LogP contribution >= 0.6 is 0 Å². The summed E-state index contributed by atoms with van der Waals surface area (Å²) in [4.78, 5) is 53.3. The lowest BCUT2D eigenvalue weighted by Crippen LogP contribution is -2.62. The van der Waals surface area contributed by atoms with Crippen molar-refractivity contribution in [3.63, 3.8) is 0 Å². The third kappa shape index (κ3) is 3.15. The molecule has 2 saturated heterocycles. The van der Waals surface area contributed by atoms with Gasteiger partial charge in [-0.25, -0.2) is 19.7 Å². The molecule has 0 aliphatic carbocycles. The Hall–Kier alpha value is -3.50. The number of hydrogen-bond acceptors (Lipinski definition) is 7. The molecule has 4 heterocycles. The van der Waals surface area contributed by atoms with Crippen LogP contribution in [0.3, 0.4) is 0 Å². The van der Waals surface area contributed by atoms with Crippen LogP contribution in [0.1, 0.15) is 6.42 Å². The summed E-state index contributed by atoms with van der Waals surface area (Å²) in [5.41, 5.74) is 0. The highest BCUT2D eigenvalue weighted by molar-refractivity contribution is 5.97. The van der Waals surface area contributed by atoms with Crippen LogP contribution in [0.5, 0.6) is 0 Å². The number of rotatable bonds is 4. The Kier molecular flexibility index (Phi) is 4.41. The number of nitrogens with one attached hydrogen (secondary N) is 1. The van der Waals surface area contributed by atoms with E-state index in [1.165, 1.54) is 18.3 Å². The highest BCUT2D eigenvalue weighted by atomic mass is 16.2. The van der Waals surface area contributed by atoms with E-state index in [1.54, 1.807) is 30.3 Å². The summed E-state index contributed by atoms with van der Waals surface area (Å²) in [6.07, 6.45) is 6.04. The molecule has 2 fully saturated rings. The van der Waals surface area contributed by atoms with Gasteiger partial charge < -0.3 is 15.1 Å². The molecule has 11 nitrogen and oxygen atoms in total. The van der Waals surface area contributed by atoms with Crippen molar-refractivity contribution >= 4 is 23.7 Å². The molecule has 2 aliphatic heterocycles. The van der Waals surface area contributed by atoms with Crippen LogP contribution in [0.25, 0.3) is 5.82 Å². The first-order valence-corrected chi connectivity index (χ1v) is 8.83. The zero-order valence-corrected chi connectivity index (χ0v) is 15.5. The molecular formula is C17H20N8O3. The molecule has 0 saturated carbocycles. The lowest BCUT2D eigenvalue weighted by Gasteiger charge is -2.41. The molecule has 2 aromatic rings. The van der Waals surface area contributed by atoms with Crippen LogP contribution in [-0.2, 0) is 9.59 Å². The van der Waals surface area contributed by atoms with E-state index >= 15 is 0 Å². The third-order valence-electron chi connectivity index (χ3n) is 5.09. The third-order valence-corrected chi connectivity index (χ3v) is 5.09. The van der Waals surface area contributed by atoms with Gasteiger partial charge in [-0.15, -0.1) is 0 Å². The number of hydrogen-bond donors (Lipinski definition) is 1. The first-order valence-electron chi connectivity index (χ1n) is 8.83. The number of nitrogens with zero attached hydrogens (tertiary/aromatic N) is 7. The maximum atomic E-state index is 12.5. The number of carbonyl (C=O) groups excluding carboxylic acids is 3. The molecule has 146 valence electrons. The van der Waals surface area contributed by atoms with Crippen molar-refractivity contribution < 1.29 is 14.4 Å². The quantitative estimate of drug-likeness (QED) is 0.752. The van der Waals surface area contributed by atoms with E-state index in [0.29, 0.717) is 18.9 Å². The van der Waals surface area contributed by atoms with Crippen LogP contribution in [0.2, 0.25) is 0 Å². The number of anilines is 1. The minimum atomic E-state index is -0.621. The van der Waals surface area contributed by atoms with Crippen LogP contribution in [0.4, 0.5) is 10.6 Å². The van der Waals surface area contributed by atoms with Crippen molar-refractivity contribution in [2.45, 2.75) is 12.6 Å². The first kappa shape index (κ1) is 17.9. The van der Waals surface area contributed by atoms with E-state index in [9.17, 15) is 14.4 Å². The molecule has 1 unspecified atom stereocenters. The maximum Gasteiger partial charge on any atom is 0.327 e. The maximum absolute atomic E-state index is 12.5. The summed E-state index contributed by atoms with van der Waals surface area (Å²) in [7, 11) is 3.00. The number of imidazole rings is 1. The molecule has 4 amide bonds. The van der Waals surface area contributed by atoms with Gasteiger partial charge in [0.15, 0.2) is 0 Å². The number of imide groups is 1. The lowest BCUT2D eigenvalue weighted by atomic mass is 9.98. The second-order valence-corrected chi connectivity index (χ2v) is 6.88. The Morgan fingerprint density at radius 1 is 1.18 bits per heavy atom. The van der Waals surface area contributed by atoms with Crippen molar-refractivity contribution in [2.24, 2.45) is 5.92 Å². The SMILES string of the molecule is CN1C(=O)CC(NC(=O)C2CN(c3cc(-n4ccnc4)ncn3)C2)N(C)C1=O. The Bertz CT molecular complexity index is 909. The van der Waals surface area contributed by atoms with Gasteiger partial charge in [-0.3, -0.25) is 19.1 Å². The van der Waals surface area contributed by atoms with Crippen LogP contribution in [0, 0.1) is 5.92 Å². The summed E-state index contributed by atoms with van der Waals surface area (Å²) >= 11 is 0. The minimum absolute atomic E-state index is 0.0705. The standard InChI is InChI=1S/C17H20N8O3/c1-22-14(6-15(26)23(2)17(22)28)21-16(27)11-7-25(8-11)13-5-12(19-9-20-13)24-4-3-18-10-24/h3-5,9-11,14H,6-8H2,1-2H3,(H,21,27). The Balaban J connectivity index is 1.35. The minimum Gasteiger partial charge on any atom is -0.355 e. The molecule has 1 N–H and O–H groups in total. The van der Waals surface area contributed by atoms with E-state index in [1.807, 2.05) is 11.0 Å². The van der Waals surface area contributed by atoms with E-state index in [0.717, 1.165) is 10.7 Å². The predicted molar refractivity (Wildman–Crippen MR) is 97.3 cm³/mol. The van der Waals surface area contributed by atoms with Gasteiger partial charge in [0.2, 0.25) is 11.8 Å². The van der Waals surface area contributed by atoms with Gasteiger partial charge in [-0.2, -0.15) is 0 Å². The highest BCUT2D eigenvalue weighted by Gasteiger charge is 2.39. The lowest BCUT2D eigenvalue weighted by molar-refractivity contribution is -0.133. The fraction of sp³-hybridized carbons (Fsp3) is 0.412. The fourth-order valence-electron chi connectivity index (χ4n) is 3.22. The number of urea groups is 1. The Morgan fingerprint density at radius 2 is 1.93 bits per heavy atom. The van der Waals surface area contributed by atoms with Gasteiger partial charge in [0, 0.05) is 45.6 Å². The molecule has 1 atom stereocenters. The van der Waals surface area contributed by atoms with Gasteiger partial charge in [0.1, 0.15) is 30.5 Å². The van der Waals surface area contributed by atoms with E-state index in [4.69, 9.17) is 0 Å². The molecule has 28 heavy (non-hydrogen) atoms. The van der Waals surface area contributed by atoms with Gasteiger partial charge in [0.25, 0.3) is 0 Å². The van der Waals surface area contributed by atoms with Crippen LogP contribution < -0.4 is 10.2 Å². The monoisotopic (exact) mass is 384 g/mol. The topological polar surface area (TPSA) is 117 Å². The van der Waals surface area contributed by atoms with Gasteiger partial charge in [-0.1, -0.05) is 0 Å². The van der Waals surface area contributed by atoms with Crippen LogP contribution in [0.15, 0.2) is 31.1 Å². The first-order chi connectivity index (χ1) is 13.4. The zero-order chi connectivity index (χ0) is 19.8. The molecule has 0 spiro atoms. The smallest absolute Gasteiger partial charge is 0.327 e. The van der Waals surface area contributed by atoms with E-state index < -0.39 is 12.2 Å². The summed E-state index contributed by atoms with van der Waals surface area (Å²) in [5.74, 6) is 0.702. The second-order valence-electron chi connectivity index (χ2n) is 6.88. The number of amides is 4. The van der Waals surface area contributed by atoms with Crippen molar-refractivity contribution in [3.8, 4) is 5.82 Å². The van der Waals surface area contributed by atoms with Gasteiger partial charge >= 0.3 is 6.03 Å². The van der Waals surface area contributed by atoms with Gasteiger partial charge in [0.05, 0.1) is 12.3 Å². The summed E-state index contributed by atoms with van der Waals surface area (Å²) in [5, 5.41) is 2.80. The highest BCUT2D eigenvalue weighted by Crippen LogP contribution is 2.24. The number of aromatic nitrogens is 4. The molecule has 0 radical (unpaired) electrons. The average Bonchev–Trinajstić information content (AvgIpc) is 3.18. The summed E-state index contributed by atoms with van der Waals surface area (Å²) in [6.45, 7) is 1.01. The molecule has 2 aromatic heterocycles. The largest absolute Gasteiger partial charge is 0.355 e. The second kappa shape index (κ2) is 6.91. The van der Waals surface area contributed by atoms with E-state index in [2.05, 4.69) is 20.3 Å². The molecule has 2 aliphatic rings. The summed E-state index contributed by atoms with van der Waals surface area (Å²) in [6, 6.07) is 1.41. The molecule has 0 aromatic carbocycles. The normalized spacial score (nSPS) is 20.4. The van der Waals surface area contributed by atoms with Crippen molar-refractivity contribution in [1.29, 1.82) is 0 Å². The molecule has 0 bridgehead atoms. The van der Waals surface area contributed by atoms with E-state index in [-0.39, 0.29) is 24.2 Å². The van der Waals surface area contributed by atoms with Gasteiger partial charge in [-0.05, 0) is 0 Å².